The molecule has 9 aromatic rings. The summed E-state index contributed by atoms with van der Waals surface area (Å²) in [4.78, 5) is 17.1. The number of aromatic nitrogens is 7. The average molecular weight is 1840 g/mol. The van der Waals surface area contributed by atoms with Gasteiger partial charge in [0, 0.05) is 179 Å². The lowest BCUT2D eigenvalue weighted by molar-refractivity contribution is -0.155. The van der Waals surface area contributed by atoms with Gasteiger partial charge in [-0.25, -0.2) is 43.4 Å². The third kappa shape index (κ3) is 31.0. The zero-order valence-corrected chi connectivity index (χ0v) is 73.4. The number of para-hydroxylation sites is 3. The molecule has 5 N–H and O–H groups in total. The number of nitrogens with zero attached hydrogens (tertiary/aromatic N) is 8. The first kappa shape index (κ1) is 98.6. The molecule has 1 aliphatic rings. The van der Waals surface area contributed by atoms with Crippen molar-refractivity contribution < 1.29 is 62.4 Å². The third-order valence-corrected chi connectivity index (χ3v) is 19.6. The van der Waals surface area contributed by atoms with E-state index in [4.69, 9.17) is 86.9 Å². The Morgan fingerprint density at radius 1 is 0.661 bits per heavy atom. The van der Waals surface area contributed by atoms with Gasteiger partial charge in [0.1, 0.15) is 34.6 Å². The Kier molecular flexibility index (Phi) is 36.5. The first-order valence-corrected chi connectivity index (χ1v) is 43.0. The van der Waals surface area contributed by atoms with Crippen LogP contribution in [-0.2, 0) is 75.5 Å². The quantitative estimate of drug-likeness (QED) is 0.0334. The minimum absolute atomic E-state index is 0.0383. The Morgan fingerprint density at radius 2 is 1.07 bits per heavy atom. The van der Waals surface area contributed by atoms with Crippen molar-refractivity contribution >= 4 is 272 Å². The Hall–Kier alpha value is -5.72. The molecule has 5 heterocycles. The van der Waals surface area contributed by atoms with Crippen molar-refractivity contribution in [2.24, 2.45) is 21.1 Å². The number of rotatable bonds is 15. The van der Waals surface area contributed by atoms with Crippen LogP contribution in [-0.4, -0.2) is 219 Å². The molecule has 16 radical (unpaired) electrons. The molecule has 568 valence electrons. The molecule has 0 amide bonds. The molecule has 48 heteroatoms. The van der Waals surface area contributed by atoms with E-state index in [0.717, 1.165) is 66.6 Å². The number of hydrogen-bond donors (Lipinski definition) is 4. The number of nitriles is 1. The Morgan fingerprint density at radius 3 is 1.49 bits per heavy atom. The van der Waals surface area contributed by atoms with Crippen LogP contribution in [0.2, 0.25) is 0 Å². The maximum atomic E-state index is 13.7. The van der Waals surface area contributed by atoms with E-state index in [0.29, 0.717) is 48.7 Å². The number of carbonyl (C=O) groups excluding carboxylic acids is 1. The van der Waals surface area contributed by atoms with Crippen LogP contribution in [0.25, 0.3) is 32.7 Å². The second-order valence-corrected chi connectivity index (χ2v) is 38.0. The SMILES string of the molecule is CC(C)(O)C#Cc1ccc(Br)c([C@@H](CC(=O)OC(C)(C)C)Cc2cc(F)cc(F)c2)n1.CS(=O)(=O)Cl.Cn1nc(N)c2cccc(Br)c21.Cn1nc(NS(C)(=O)=O)c2cccc(B3OC(C)(C)C(C)(C)O3)c21.Cn1nc(NS(C)(=O)=O)c2cccc(Br)c21.N#Cc1cccc(Br)c1F.[B]B([B])B(B([B])[B])B(B([B])[B])B([B])[B]. The van der Waals surface area contributed by atoms with Crippen LogP contribution in [0.4, 0.5) is 30.6 Å². The van der Waals surface area contributed by atoms with Crippen LogP contribution < -0.4 is 20.6 Å². The van der Waals surface area contributed by atoms with Gasteiger partial charge in [-0.3, -0.25) is 28.3 Å². The predicted molar refractivity (Wildman–Crippen MR) is 473 cm³/mol. The summed E-state index contributed by atoms with van der Waals surface area (Å²) in [6.07, 6.45) is -0.816. The molecule has 1 saturated heterocycles. The highest BCUT2D eigenvalue weighted by Gasteiger charge is 2.52. The summed E-state index contributed by atoms with van der Waals surface area (Å²) in [5, 5.41) is 33.2. The number of aryl methyl sites for hydroxylation is 3. The van der Waals surface area contributed by atoms with Gasteiger partial charge in [-0.2, -0.15) is 20.6 Å². The summed E-state index contributed by atoms with van der Waals surface area (Å²) < 4.78 is 135. The maximum absolute atomic E-state index is 13.7. The highest BCUT2D eigenvalue weighted by atomic mass is 79.9. The number of ether oxygens (including phenoxy) is 1. The second-order valence-electron chi connectivity index (χ2n) is 28.0. The van der Waals surface area contributed by atoms with E-state index in [9.17, 15) is 48.3 Å². The van der Waals surface area contributed by atoms with E-state index in [2.05, 4.69) is 116 Å². The number of sulfonamides is 2. The molecule has 112 heavy (non-hydrogen) atoms. The molecule has 22 nitrogen and oxygen atoms in total. The number of nitrogens with one attached hydrogen (secondary N) is 2. The van der Waals surface area contributed by atoms with Crippen molar-refractivity contribution in [3.63, 3.8) is 0 Å². The Bertz CT molecular complexity index is 5200. The molecule has 0 spiro atoms. The first-order valence-electron chi connectivity index (χ1n) is 33.4. The number of benzene rings is 5. The van der Waals surface area contributed by atoms with E-state index >= 15 is 0 Å². The minimum Gasteiger partial charge on any atom is -0.460 e. The van der Waals surface area contributed by atoms with Gasteiger partial charge in [-0.1, -0.05) is 36.3 Å². The number of carbonyl (C=O) groups is 1. The van der Waals surface area contributed by atoms with Gasteiger partial charge in [-0.15, -0.1) is 0 Å². The van der Waals surface area contributed by atoms with Crippen molar-refractivity contribution in [3.8, 4) is 17.9 Å². The van der Waals surface area contributed by atoms with Crippen LogP contribution in [0.15, 0.2) is 121 Å². The summed E-state index contributed by atoms with van der Waals surface area (Å²) in [6, 6.07) is 30.0. The smallest absolute Gasteiger partial charge is 0.460 e. The molecule has 0 aliphatic carbocycles. The fourth-order valence-electron chi connectivity index (χ4n) is 10.7. The lowest BCUT2D eigenvalue weighted by atomic mass is 8.47. The molecule has 5 aromatic carbocycles. The van der Waals surface area contributed by atoms with E-state index < -0.39 is 126 Å². The van der Waals surface area contributed by atoms with Crippen LogP contribution >= 0.6 is 74.4 Å². The zero-order chi connectivity index (χ0) is 85.5. The standard InChI is InChI=1S/C24H26BrF2NO3.C15H22BN3O4S.C9H10BrN3O2S.C8H8BrN3.C7H3BrFN.CH3ClO2S.B14/c1-23(2,3)31-21(29)13-16(10-15-11-17(26)14-18(27)12-15)22-20(25)7-6-19(28-22)8-9-24(4,5)30;1-14(2)15(3,4)23-16(22-14)11-9-7-8-10-12(11)19(5)17-13(10)18-24(6,20)21;1-13-8-6(4-3-5-7(8)10)9(11-13)12-16(2,14)15;1-12-7-5(8(10)11-12)3-2-4-6(7)9;8-6-3-1-2-5(4-10)7(6)9;1-5(2,3)4;1-9(2)13(10(3)4)14(11(5)6)12(7)8/h6-7,11-12,14,16,30H,10,13H2,1-5H3;7-9H,1-6H3,(H,17,18);3-5H,1-2H3,(H,11,12);2-4H,1H3,(H2,10,11);1-3H;1H3;/t16-;;;;;;/m1....../s1. The average Bonchev–Trinajstić information content (AvgIpc) is 1.60. The highest BCUT2D eigenvalue weighted by molar-refractivity contribution is 9.11. The van der Waals surface area contributed by atoms with Gasteiger partial charge < -0.3 is 24.9 Å². The van der Waals surface area contributed by atoms with Gasteiger partial charge >= 0.3 is 13.1 Å². The molecule has 0 unspecified atom stereocenters. The van der Waals surface area contributed by atoms with E-state index in [-0.39, 0.29) is 18.4 Å². The van der Waals surface area contributed by atoms with Crippen molar-refractivity contribution in [1.82, 2.24) is 34.3 Å². The second kappa shape index (κ2) is 41.4. The molecule has 0 saturated carbocycles. The normalized spacial score (nSPS) is 13.0. The Balaban J connectivity index is 0.000000291. The van der Waals surface area contributed by atoms with Crippen LogP contribution in [0.5, 0.6) is 0 Å². The number of nitrogen functional groups attached to an aromatic ring is 1. The topological polar surface area (TPSA) is 308 Å². The largest absolute Gasteiger partial charge is 0.497 e. The molecule has 0 bridgehead atoms. The fraction of sp³-hybridized carbons (Fsp3) is 0.344. The van der Waals surface area contributed by atoms with Crippen molar-refractivity contribution in [2.75, 3.05) is 33.9 Å². The summed E-state index contributed by atoms with van der Waals surface area (Å²) in [7, 11) is 43.5. The van der Waals surface area contributed by atoms with Gasteiger partial charge in [0.25, 0.3) is 0 Å². The summed E-state index contributed by atoms with van der Waals surface area (Å²) in [5.41, 5.74) is 7.80. The minimum atomic E-state index is -3.41. The number of pyridine rings is 1. The van der Waals surface area contributed by atoms with Crippen LogP contribution in [0, 0.1) is 40.6 Å². The van der Waals surface area contributed by atoms with Gasteiger partial charge in [0.15, 0.2) is 23.3 Å². The van der Waals surface area contributed by atoms with E-state index in [1.54, 1.807) is 93.1 Å². The predicted octanol–water partition coefficient (Wildman–Crippen LogP) is 7.49. The summed E-state index contributed by atoms with van der Waals surface area (Å²) >= 11 is 13.3. The number of aliphatic hydroxyl groups is 1. The molecule has 1 aliphatic heterocycles. The molecule has 1 fully saturated rings. The number of fused-ring (bicyclic) bond motifs is 3. The van der Waals surface area contributed by atoms with E-state index in [1.165, 1.54) is 18.2 Å². The van der Waals surface area contributed by atoms with E-state index in [1.807, 2.05) is 89.3 Å². The molecule has 10 rings (SSSR count). The molecular formula is C64H72B15Br4ClF3N11O11S3. The van der Waals surface area contributed by atoms with Crippen LogP contribution in [0.1, 0.15) is 97.2 Å². The fourth-order valence-corrected chi connectivity index (χ4v) is 13.8. The number of esters is 1. The monoisotopic (exact) mass is 1840 g/mol. The van der Waals surface area contributed by atoms with Crippen LogP contribution in [0.3, 0.4) is 0 Å². The number of nitrogens with two attached hydrogens (primary N) is 1. The van der Waals surface area contributed by atoms with Crippen molar-refractivity contribution in [2.45, 2.75) is 103 Å². The summed E-state index contributed by atoms with van der Waals surface area (Å²) in [5.74, 6) is 3.89. The number of anilines is 3. The lowest BCUT2D eigenvalue weighted by Gasteiger charge is -2.34. The van der Waals surface area contributed by atoms with Crippen molar-refractivity contribution in [1.29, 1.82) is 5.26 Å². The molecular weight excluding hydrogens is 1770 g/mol. The first-order chi connectivity index (χ1) is 51.2. The maximum Gasteiger partial charge on any atom is 0.497 e. The summed E-state index contributed by atoms with van der Waals surface area (Å²) in [6.45, 7) is 16.4. The molecule has 1 atom stereocenters. The number of halogens is 8. The van der Waals surface area contributed by atoms with Crippen molar-refractivity contribution in [3.05, 3.63) is 161 Å². The third-order valence-electron chi connectivity index (χ3n) is 15.9. The number of hydrogen-bond acceptors (Lipinski definition) is 17. The highest BCUT2D eigenvalue weighted by Crippen LogP contribution is 2.38. The van der Waals surface area contributed by atoms with Gasteiger partial charge in [0.05, 0.1) is 68.7 Å². The Labute approximate surface area is 705 Å². The van der Waals surface area contributed by atoms with Gasteiger partial charge in [-0.05, 0) is 211 Å². The lowest BCUT2D eigenvalue weighted by Crippen LogP contribution is -2.72. The zero-order valence-electron chi connectivity index (χ0n) is 63.9. The van der Waals surface area contributed by atoms with Gasteiger partial charge in [0.2, 0.25) is 29.1 Å². The molecule has 4 aromatic heterocycles.